The van der Waals surface area contributed by atoms with Crippen molar-refractivity contribution in [2.45, 2.75) is 6.92 Å². The van der Waals surface area contributed by atoms with E-state index in [1.807, 2.05) is 6.92 Å². The molecule has 1 aliphatic heterocycles. The average Bonchev–Trinajstić information content (AvgIpc) is 2.96. The lowest BCUT2D eigenvalue weighted by Gasteiger charge is -2.11. The molecule has 5 nitrogen and oxygen atoms in total. The van der Waals surface area contributed by atoms with Gasteiger partial charge in [0.1, 0.15) is 5.82 Å². The third kappa shape index (κ3) is 3.38. The number of halogens is 1. The second kappa shape index (κ2) is 7.17. The Kier molecular flexibility index (Phi) is 4.79. The largest absolute Gasteiger partial charge is 0.492 e. The van der Waals surface area contributed by atoms with Crippen LogP contribution in [0.3, 0.4) is 0 Å². The quantitative estimate of drug-likeness (QED) is 0.616. The minimum absolute atomic E-state index is 0.0604. The molecule has 25 heavy (non-hydrogen) atoms. The Hall–Kier alpha value is -3.15. The molecule has 0 atom stereocenters. The number of hydrogen-bond acceptors (Lipinski definition) is 5. The molecule has 0 aliphatic carbocycles. The Morgan fingerprint density at radius 3 is 2.72 bits per heavy atom. The van der Waals surface area contributed by atoms with Crippen LogP contribution in [0.1, 0.15) is 18.1 Å². The molecule has 1 heterocycles. The van der Waals surface area contributed by atoms with Gasteiger partial charge in [-0.2, -0.15) is 0 Å². The fourth-order valence-corrected chi connectivity index (χ4v) is 2.44. The molecule has 0 saturated heterocycles. The number of esters is 1. The summed E-state index contributed by atoms with van der Waals surface area (Å²) >= 11 is 0. The van der Waals surface area contributed by atoms with Gasteiger partial charge in [-0.15, -0.1) is 0 Å². The normalized spacial score (nSPS) is 15.1. The third-order valence-corrected chi connectivity index (χ3v) is 3.53. The van der Waals surface area contributed by atoms with Crippen molar-refractivity contribution in [1.82, 2.24) is 0 Å². The minimum atomic E-state index is -0.651. The summed E-state index contributed by atoms with van der Waals surface area (Å²) in [5, 5.41) is 0. The highest BCUT2D eigenvalue weighted by Gasteiger charge is 2.26. The molecule has 1 aliphatic rings. The molecule has 128 valence electrons. The average molecular weight is 341 g/mol. The molecular formula is C19H16FNO4. The lowest BCUT2D eigenvalue weighted by Crippen LogP contribution is -2.07. The number of methoxy groups -OCH3 is 1. The Balaban J connectivity index is 2.01. The topological polar surface area (TPSA) is 57.1 Å². The predicted molar refractivity (Wildman–Crippen MR) is 91.2 cm³/mol. The van der Waals surface area contributed by atoms with E-state index in [4.69, 9.17) is 14.2 Å². The van der Waals surface area contributed by atoms with E-state index in [1.165, 1.54) is 25.3 Å². The second-order valence-corrected chi connectivity index (χ2v) is 5.13. The summed E-state index contributed by atoms with van der Waals surface area (Å²) in [6, 6.07) is 11.3. The molecule has 0 saturated carbocycles. The maximum atomic E-state index is 13.9. The van der Waals surface area contributed by atoms with Gasteiger partial charge in [0.15, 0.2) is 17.2 Å². The first-order valence-electron chi connectivity index (χ1n) is 7.71. The van der Waals surface area contributed by atoms with Crippen molar-refractivity contribution in [1.29, 1.82) is 0 Å². The molecule has 0 unspecified atom stereocenters. The second-order valence-electron chi connectivity index (χ2n) is 5.13. The number of nitrogens with zero attached hydrogens (tertiary/aromatic N) is 1. The highest BCUT2D eigenvalue weighted by Crippen LogP contribution is 2.33. The summed E-state index contributed by atoms with van der Waals surface area (Å²) in [5.74, 6) is -0.175. The van der Waals surface area contributed by atoms with E-state index in [0.717, 1.165) is 0 Å². The van der Waals surface area contributed by atoms with Gasteiger partial charge in [-0.1, -0.05) is 24.3 Å². The number of carbonyl (C=O) groups excluding carboxylic acids is 1. The molecule has 6 heteroatoms. The smallest absolute Gasteiger partial charge is 0.363 e. The van der Waals surface area contributed by atoms with Crippen molar-refractivity contribution >= 4 is 17.9 Å². The van der Waals surface area contributed by atoms with Gasteiger partial charge in [0.2, 0.25) is 5.90 Å². The number of rotatable bonds is 5. The van der Waals surface area contributed by atoms with Crippen molar-refractivity contribution in [3.8, 4) is 11.5 Å². The summed E-state index contributed by atoms with van der Waals surface area (Å²) < 4.78 is 29.8. The summed E-state index contributed by atoms with van der Waals surface area (Å²) in [6.07, 6.45) is 1.53. The van der Waals surface area contributed by atoms with E-state index in [1.54, 1.807) is 30.3 Å². The molecule has 2 aromatic rings. The van der Waals surface area contributed by atoms with E-state index >= 15 is 0 Å². The maximum absolute atomic E-state index is 13.9. The molecule has 0 radical (unpaired) electrons. The monoisotopic (exact) mass is 341 g/mol. The van der Waals surface area contributed by atoms with Crippen LogP contribution in [0.2, 0.25) is 0 Å². The Morgan fingerprint density at radius 2 is 2.00 bits per heavy atom. The van der Waals surface area contributed by atoms with Crippen molar-refractivity contribution in [2.75, 3.05) is 13.7 Å². The molecule has 0 fully saturated rings. The van der Waals surface area contributed by atoms with Crippen molar-refractivity contribution < 1.29 is 23.4 Å². The van der Waals surface area contributed by atoms with Crippen LogP contribution in [0, 0.1) is 5.82 Å². The summed E-state index contributed by atoms with van der Waals surface area (Å²) in [7, 11) is 1.51. The highest BCUT2D eigenvalue weighted by molar-refractivity contribution is 6.13. The summed E-state index contributed by atoms with van der Waals surface area (Å²) in [6.45, 7) is 2.35. The fourth-order valence-electron chi connectivity index (χ4n) is 2.44. The Labute approximate surface area is 144 Å². The summed E-state index contributed by atoms with van der Waals surface area (Å²) in [4.78, 5) is 16.2. The van der Waals surface area contributed by atoms with E-state index in [2.05, 4.69) is 4.99 Å². The Bertz CT molecular complexity index is 873. The van der Waals surface area contributed by atoms with Gasteiger partial charge in [0, 0.05) is 5.56 Å². The van der Waals surface area contributed by atoms with Crippen LogP contribution in [0.4, 0.5) is 4.39 Å². The van der Waals surface area contributed by atoms with Crippen LogP contribution in [0.25, 0.3) is 6.08 Å². The van der Waals surface area contributed by atoms with E-state index in [9.17, 15) is 9.18 Å². The minimum Gasteiger partial charge on any atom is -0.492 e. The zero-order chi connectivity index (χ0) is 17.8. The predicted octanol–water partition coefficient (Wildman–Crippen LogP) is 3.58. The summed E-state index contributed by atoms with van der Waals surface area (Å²) in [5.41, 5.74) is 0.804. The van der Waals surface area contributed by atoms with Crippen molar-refractivity contribution in [2.24, 2.45) is 4.99 Å². The zero-order valence-electron chi connectivity index (χ0n) is 13.8. The number of para-hydroxylation sites is 1. The number of hydrogen-bond donors (Lipinski definition) is 0. The molecule has 0 bridgehead atoms. The number of carbonyl (C=O) groups is 1. The van der Waals surface area contributed by atoms with Crippen LogP contribution in [0.5, 0.6) is 11.5 Å². The van der Waals surface area contributed by atoms with Crippen molar-refractivity contribution in [3.05, 3.63) is 65.1 Å². The van der Waals surface area contributed by atoms with E-state index in [-0.39, 0.29) is 17.2 Å². The van der Waals surface area contributed by atoms with Crippen LogP contribution in [-0.2, 0) is 9.53 Å². The van der Waals surface area contributed by atoms with Crippen LogP contribution < -0.4 is 9.47 Å². The molecule has 0 aromatic heterocycles. The number of cyclic esters (lactones) is 1. The fraction of sp³-hybridized carbons (Fsp3) is 0.158. The SMILES string of the molecule is CCOc1cccc(/C=C2\N=C(c3ccccc3F)OC2=O)c1OC. The van der Waals surface area contributed by atoms with Gasteiger partial charge in [0.05, 0.1) is 19.3 Å². The van der Waals surface area contributed by atoms with Crippen LogP contribution in [-0.4, -0.2) is 25.6 Å². The Morgan fingerprint density at radius 1 is 1.20 bits per heavy atom. The van der Waals surface area contributed by atoms with Gasteiger partial charge in [-0.3, -0.25) is 0 Å². The van der Waals surface area contributed by atoms with Gasteiger partial charge < -0.3 is 14.2 Å². The number of ether oxygens (including phenoxy) is 3. The zero-order valence-corrected chi connectivity index (χ0v) is 13.8. The van der Waals surface area contributed by atoms with Crippen LogP contribution >= 0.6 is 0 Å². The molecule has 2 aromatic carbocycles. The van der Waals surface area contributed by atoms with Crippen molar-refractivity contribution in [3.63, 3.8) is 0 Å². The number of benzene rings is 2. The molecule has 0 amide bonds. The lowest BCUT2D eigenvalue weighted by atomic mass is 10.1. The molecule has 0 N–H and O–H groups in total. The highest BCUT2D eigenvalue weighted by atomic mass is 19.1. The molecular weight excluding hydrogens is 325 g/mol. The molecule has 3 rings (SSSR count). The lowest BCUT2D eigenvalue weighted by molar-refractivity contribution is -0.129. The van der Waals surface area contributed by atoms with Gasteiger partial charge in [0.25, 0.3) is 0 Å². The van der Waals surface area contributed by atoms with Gasteiger partial charge in [-0.25, -0.2) is 14.2 Å². The molecule has 0 spiro atoms. The van der Waals surface area contributed by atoms with E-state index < -0.39 is 11.8 Å². The van der Waals surface area contributed by atoms with Gasteiger partial charge in [-0.05, 0) is 31.2 Å². The standard InChI is InChI=1S/C19H16FNO4/c1-3-24-16-10-6-7-12(17(16)23-2)11-15-19(22)25-18(21-15)13-8-4-5-9-14(13)20/h4-11H,3H2,1-2H3/b15-11-. The third-order valence-electron chi connectivity index (χ3n) is 3.53. The van der Waals surface area contributed by atoms with Gasteiger partial charge >= 0.3 is 5.97 Å². The van der Waals surface area contributed by atoms with Crippen LogP contribution in [0.15, 0.2) is 53.2 Å². The number of aliphatic imine (C=N–C) groups is 1. The first-order valence-corrected chi connectivity index (χ1v) is 7.71. The first kappa shape index (κ1) is 16.7. The van der Waals surface area contributed by atoms with E-state index in [0.29, 0.717) is 23.7 Å². The first-order chi connectivity index (χ1) is 12.1. The maximum Gasteiger partial charge on any atom is 0.363 e.